The molecule has 0 bridgehead atoms. The van der Waals surface area contributed by atoms with Crippen LogP contribution in [-0.4, -0.2) is 24.0 Å². The van der Waals surface area contributed by atoms with Gasteiger partial charge in [-0.2, -0.15) is 5.10 Å². The molecule has 0 saturated heterocycles. The number of carbonyl (C=O) groups excluding carboxylic acids is 3. The molecule has 0 aliphatic heterocycles. The summed E-state index contributed by atoms with van der Waals surface area (Å²) >= 11 is 9.16. The van der Waals surface area contributed by atoms with Crippen molar-refractivity contribution in [2.75, 3.05) is 5.32 Å². The van der Waals surface area contributed by atoms with Gasteiger partial charge in [-0.1, -0.05) is 33.6 Å². The Balaban J connectivity index is 1.50. The van der Waals surface area contributed by atoms with E-state index in [-0.39, 0.29) is 0 Å². The molecule has 156 valence electrons. The molecule has 2 N–H and O–H groups in total. The minimum atomic E-state index is -0.911. The van der Waals surface area contributed by atoms with Crippen LogP contribution in [0, 0.1) is 0 Å². The van der Waals surface area contributed by atoms with E-state index in [0.29, 0.717) is 27.6 Å². The van der Waals surface area contributed by atoms with Crippen molar-refractivity contribution in [2.45, 2.75) is 0 Å². The summed E-state index contributed by atoms with van der Waals surface area (Å²) in [5, 5.41) is 6.65. The van der Waals surface area contributed by atoms with Crippen molar-refractivity contribution in [1.82, 2.24) is 5.43 Å². The van der Waals surface area contributed by atoms with E-state index in [9.17, 15) is 14.4 Å². The summed E-state index contributed by atoms with van der Waals surface area (Å²) in [6, 6.07) is 19.6. The van der Waals surface area contributed by atoms with Crippen molar-refractivity contribution >= 4 is 57.2 Å². The summed E-state index contributed by atoms with van der Waals surface area (Å²) in [7, 11) is 0. The quantitative estimate of drug-likeness (QED) is 0.178. The van der Waals surface area contributed by atoms with Crippen LogP contribution in [0.1, 0.15) is 15.9 Å². The molecule has 0 heterocycles. The average Bonchev–Trinajstić information content (AvgIpc) is 2.76. The normalized spacial score (nSPS) is 10.5. The number of hydrogen-bond acceptors (Lipinski definition) is 5. The van der Waals surface area contributed by atoms with Crippen molar-refractivity contribution in [1.29, 1.82) is 0 Å². The number of amides is 2. The second-order valence-electron chi connectivity index (χ2n) is 6.13. The van der Waals surface area contributed by atoms with Gasteiger partial charge in [-0.25, -0.2) is 10.2 Å². The topological polar surface area (TPSA) is 96.9 Å². The van der Waals surface area contributed by atoms with Gasteiger partial charge in [0.1, 0.15) is 5.75 Å². The second kappa shape index (κ2) is 10.5. The van der Waals surface area contributed by atoms with Gasteiger partial charge in [0, 0.05) is 15.2 Å². The number of nitrogens with one attached hydrogen (secondary N) is 2. The summed E-state index contributed by atoms with van der Waals surface area (Å²) < 4.78 is 6.13. The predicted molar refractivity (Wildman–Crippen MR) is 121 cm³/mol. The monoisotopic (exact) mass is 499 g/mol. The summed E-state index contributed by atoms with van der Waals surface area (Å²) in [4.78, 5) is 35.8. The maximum absolute atomic E-state index is 12.1. The van der Waals surface area contributed by atoms with Gasteiger partial charge in [0.2, 0.25) is 0 Å². The maximum atomic E-state index is 12.1. The van der Waals surface area contributed by atoms with Crippen LogP contribution in [0.3, 0.4) is 0 Å². The molecule has 31 heavy (non-hydrogen) atoms. The number of rotatable bonds is 5. The molecule has 0 saturated carbocycles. The summed E-state index contributed by atoms with van der Waals surface area (Å²) in [5.74, 6) is -1.96. The van der Waals surface area contributed by atoms with E-state index < -0.39 is 17.8 Å². The summed E-state index contributed by atoms with van der Waals surface area (Å²) in [6.45, 7) is 0. The minimum absolute atomic E-state index is 0.333. The van der Waals surface area contributed by atoms with E-state index in [0.717, 1.165) is 4.47 Å². The van der Waals surface area contributed by atoms with Crippen LogP contribution < -0.4 is 15.5 Å². The first kappa shape index (κ1) is 22.2. The molecular weight excluding hydrogens is 486 g/mol. The lowest BCUT2D eigenvalue weighted by Crippen LogP contribution is -2.32. The van der Waals surface area contributed by atoms with Gasteiger partial charge in [-0.15, -0.1) is 0 Å². The molecule has 0 fully saturated rings. The molecule has 0 aromatic heterocycles. The highest BCUT2D eigenvalue weighted by molar-refractivity contribution is 9.10. The number of carbonyl (C=O) groups is 3. The highest BCUT2D eigenvalue weighted by Crippen LogP contribution is 2.16. The predicted octanol–water partition coefficient (Wildman–Crippen LogP) is 4.41. The fourth-order valence-corrected chi connectivity index (χ4v) is 2.80. The zero-order chi connectivity index (χ0) is 22.2. The molecule has 7 nitrogen and oxygen atoms in total. The molecule has 3 rings (SSSR count). The number of hydrazone groups is 1. The van der Waals surface area contributed by atoms with Crippen molar-refractivity contribution in [3.63, 3.8) is 0 Å². The molecule has 9 heteroatoms. The van der Waals surface area contributed by atoms with Crippen molar-refractivity contribution in [3.8, 4) is 5.75 Å². The number of ether oxygens (including phenoxy) is 1. The molecular formula is C22H15BrClN3O4. The Labute approximate surface area is 191 Å². The molecule has 0 unspecified atom stereocenters. The van der Waals surface area contributed by atoms with Crippen molar-refractivity contribution in [3.05, 3.63) is 93.4 Å². The third-order valence-corrected chi connectivity index (χ3v) is 4.60. The van der Waals surface area contributed by atoms with E-state index >= 15 is 0 Å². The number of hydrogen-bond donors (Lipinski definition) is 2. The standard InChI is InChI=1S/C22H15BrClN3O4/c23-16-6-8-18(9-7-16)26-20(28)21(29)27-25-13-14-4-10-19(11-5-14)31-22(30)15-2-1-3-17(24)12-15/h1-13H,(H,26,28)(H,27,29)/b25-13-. The van der Waals surface area contributed by atoms with Crippen LogP contribution in [0.25, 0.3) is 0 Å². The van der Waals surface area contributed by atoms with E-state index in [1.54, 1.807) is 66.7 Å². The largest absolute Gasteiger partial charge is 0.423 e. The molecule has 0 spiro atoms. The first-order valence-electron chi connectivity index (χ1n) is 8.88. The lowest BCUT2D eigenvalue weighted by atomic mass is 10.2. The van der Waals surface area contributed by atoms with Crippen LogP contribution in [0.4, 0.5) is 5.69 Å². The number of esters is 1. The van der Waals surface area contributed by atoms with Gasteiger partial charge in [0.15, 0.2) is 0 Å². The van der Waals surface area contributed by atoms with Crippen LogP contribution in [-0.2, 0) is 9.59 Å². The van der Waals surface area contributed by atoms with Crippen LogP contribution >= 0.6 is 27.5 Å². The highest BCUT2D eigenvalue weighted by Gasteiger charge is 2.13. The minimum Gasteiger partial charge on any atom is -0.423 e. The van der Waals surface area contributed by atoms with Gasteiger partial charge in [0.25, 0.3) is 0 Å². The molecule has 3 aromatic carbocycles. The van der Waals surface area contributed by atoms with Gasteiger partial charge < -0.3 is 10.1 Å². The third-order valence-electron chi connectivity index (χ3n) is 3.84. The number of benzene rings is 3. The molecule has 3 aromatic rings. The van der Waals surface area contributed by atoms with E-state index in [1.807, 2.05) is 0 Å². The zero-order valence-electron chi connectivity index (χ0n) is 15.8. The number of halogens is 2. The molecule has 0 radical (unpaired) electrons. The van der Waals surface area contributed by atoms with Gasteiger partial charge >= 0.3 is 17.8 Å². The Morgan fingerprint density at radius 2 is 1.65 bits per heavy atom. The van der Waals surface area contributed by atoms with Gasteiger partial charge in [-0.3, -0.25) is 9.59 Å². The highest BCUT2D eigenvalue weighted by atomic mass is 79.9. The molecule has 0 aliphatic carbocycles. The fourth-order valence-electron chi connectivity index (χ4n) is 2.34. The van der Waals surface area contributed by atoms with E-state index in [1.165, 1.54) is 12.3 Å². The first-order chi connectivity index (χ1) is 14.9. The Hall–Kier alpha value is -3.49. The van der Waals surface area contributed by atoms with Crippen LogP contribution in [0.2, 0.25) is 5.02 Å². The zero-order valence-corrected chi connectivity index (χ0v) is 18.2. The number of anilines is 1. The Kier molecular flexibility index (Phi) is 7.53. The molecule has 0 atom stereocenters. The Morgan fingerprint density at radius 3 is 2.32 bits per heavy atom. The Morgan fingerprint density at radius 1 is 0.935 bits per heavy atom. The molecule has 0 aliphatic rings. The lowest BCUT2D eigenvalue weighted by molar-refractivity contribution is -0.136. The van der Waals surface area contributed by atoms with Crippen LogP contribution in [0.5, 0.6) is 5.75 Å². The maximum Gasteiger partial charge on any atom is 0.343 e. The summed E-state index contributed by atoms with van der Waals surface area (Å²) in [5.41, 5.74) is 3.59. The third kappa shape index (κ3) is 6.77. The summed E-state index contributed by atoms with van der Waals surface area (Å²) in [6.07, 6.45) is 1.35. The van der Waals surface area contributed by atoms with E-state index in [4.69, 9.17) is 16.3 Å². The van der Waals surface area contributed by atoms with Crippen LogP contribution in [0.15, 0.2) is 82.4 Å². The average molecular weight is 501 g/mol. The van der Waals surface area contributed by atoms with E-state index in [2.05, 4.69) is 31.8 Å². The SMILES string of the molecule is O=C(N/N=C\c1ccc(OC(=O)c2cccc(Cl)c2)cc1)C(=O)Nc1ccc(Br)cc1. The second-order valence-corrected chi connectivity index (χ2v) is 7.48. The number of nitrogens with zero attached hydrogens (tertiary/aromatic N) is 1. The van der Waals surface area contributed by atoms with Gasteiger partial charge in [0.05, 0.1) is 11.8 Å². The fraction of sp³-hybridized carbons (Fsp3) is 0. The van der Waals surface area contributed by atoms with Crippen molar-refractivity contribution < 1.29 is 19.1 Å². The first-order valence-corrected chi connectivity index (χ1v) is 10.1. The van der Waals surface area contributed by atoms with Crippen molar-refractivity contribution in [2.24, 2.45) is 5.10 Å². The molecule has 2 amide bonds. The lowest BCUT2D eigenvalue weighted by Gasteiger charge is -2.05. The Bertz CT molecular complexity index is 1130. The van der Waals surface area contributed by atoms with Gasteiger partial charge in [-0.05, 0) is 72.3 Å². The smallest absolute Gasteiger partial charge is 0.343 e.